The fourth-order valence-electron chi connectivity index (χ4n) is 2.29. The molecule has 1 aromatic heterocycles. The lowest BCUT2D eigenvalue weighted by Gasteiger charge is -2.04. The molecule has 3 aromatic rings. The molecule has 0 fully saturated rings. The number of carbonyl (C=O) groups is 1. The molecule has 4 nitrogen and oxygen atoms in total. The van der Waals surface area contributed by atoms with E-state index in [-0.39, 0.29) is 0 Å². The van der Waals surface area contributed by atoms with E-state index in [2.05, 4.69) is 5.10 Å². The Labute approximate surface area is 133 Å². The summed E-state index contributed by atoms with van der Waals surface area (Å²) in [5.74, 6) is 0.299. The summed E-state index contributed by atoms with van der Waals surface area (Å²) < 4.78 is 1.53. The van der Waals surface area contributed by atoms with E-state index < -0.39 is 0 Å². The summed E-state index contributed by atoms with van der Waals surface area (Å²) in [6.45, 7) is 2.00. The van der Waals surface area contributed by atoms with Crippen molar-refractivity contribution in [2.24, 2.45) is 0 Å². The molecule has 0 saturated heterocycles. The lowest BCUT2D eigenvalue weighted by Crippen LogP contribution is -2.02. The number of nitrogen functional groups attached to an aromatic ring is 1. The predicted molar refractivity (Wildman–Crippen MR) is 88.5 cm³/mol. The highest BCUT2D eigenvalue weighted by Gasteiger charge is 2.17. The minimum absolute atomic E-state index is 0.299. The van der Waals surface area contributed by atoms with Crippen LogP contribution in [0, 0.1) is 6.92 Å². The van der Waals surface area contributed by atoms with Crippen LogP contribution in [0.3, 0.4) is 0 Å². The number of rotatable bonds is 3. The molecule has 1 heterocycles. The van der Waals surface area contributed by atoms with E-state index in [9.17, 15) is 4.79 Å². The van der Waals surface area contributed by atoms with Gasteiger partial charge in [-0.3, -0.25) is 4.79 Å². The van der Waals surface area contributed by atoms with E-state index in [1.54, 1.807) is 12.1 Å². The number of carbonyl (C=O) groups excluding carboxylic acids is 1. The Morgan fingerprint density at radius 1 is 1.18 bits per heavy atom. The van der Waals surface area contributed by atoms with Crippen molar-refractivity contribution < 1.29 is 4.79 Å². The molecular formula is C17H14ClN3O. The van der Waals surface area contributed by atoms with Crippen LogP contribution in [0.1, 0.15) is 15.9 Å². The van der Waals surface area contributed by atoms with E-state index in [0.29, 0.717) is 27.8 Å². The highest BCUT2D eigenvalue weighted by atomic mass is 35.5. The van der Waals surface area contributed by atoms with E-state index >= 15 is 0 Å². The van der Waals surface area contributed by atoms with E-state index in [0.717, 1.165) is 17.4 Å². The van der Waals surface area contributed by atoms with Gasteiger partial charge in [-0.1, -0.05) is 47.5 Å². The average molecular weight is 312 g/mol. The number of halogens is 1. The van der Waals surface area contributed by atoms with Crippen molar-refractivity contribution in [3.8, 4) is 16.9 Å². The van der Waals surface area contributed by atoms with Crippen molar-refractivity contribution in [1.29, 1.82) is 0 Å². The molecule has 0 atom stereocenters. The number of aromatic nitrogens is 2. The minimum atomic E-state index is 0.299. The third kappa shape index (κ3) is 2.49. The second kappa shape index (κ2) is 5.66. The third-order valence-electron chi connectivity index (χ3n) is 3.45. The largest absolute Gasteiger partial charge is 0.383 e. The Balaban J connectivity index is 2.18. The quantitative estimate of drug-likeness (QED) is 0.746. The molecule has 22 heavy (non-hydrogen) atoms. The van der Waals surface area contributed by atoms with Crippen molar-refractivity contribution in [3.63, 3.8) is 0 Å². The van der Waals surface area contributed by atoms with Crippen LogP contribution < -0.4 is 5.73 Å². The van der Waals surface area contributed by atoms with Crippen molar-refractivity contribution in [3.05, 3.63) is 64.7 Å². The normalized spacial score (nSPS) is 10.6. The Morgan fingerprint density at radius 3 is 2.55 bits per heavy atom. The van der Waals surface area contributed by atoms with Crippen molar-refractivity contribution >= 4 is 23.7 Å². The molecule has 2 aromatic carbocycles. The first-order valence-electron chi connectivity index (χ1n) is 6.77. The molecule has 0 bridgehead atoms. The SMILES string of the molecule is Cc1ccc(-c2nn(-c3cccc(Cl)c3)c(N)c2C=O)cc1. The fraction of sp³-hybridized carbons (Fsp3) is 0.0588. The van der Waals surface area contributed by atoms with Crippen LogP contribution in [-0.2, 0) is 0 Å². The van der Waals surface area contributed by atoms with E-state index in [4.69, 9.17) is 17.3 Å². The summed E-state index contributed by atoms with van der Waals surface area (Å²) >= 11 is 6.01. The number of hydrogen-bond donors (Lipinski definition) is 1. The number of aryl methyl sites for hydroxylation is 1. The summed E-state index contributed by atoms with van der Waals surface area (Å²) in [6, 6.07) is 15.0. The van der Waals surface area contributed by atoms with E-state index in [1.165, 1.54) is 4.68 Å². The topological polar surface area (TPSA) is 60.9 Å². The summed E-state index contributed by atoms with van der Waals surface area (Å²) in [4.78, 5) is 11.4. The smallest absolute Gasteiger partial charge is 0.156 e. The lowest BCUT2D eigenvalue weighted by molar-refractivity contribution is 0.112. The summed E-state index contributed by atoms with van der Waals surface area (Å²) in [5.41, 5.74) is 9.73. The first kappa shape index (κ1) is 14.4. The molecule has 0 radical (unpaired) electrons. The molecule has 0 saturated carbocycles. The van der Waals surface area contributed by atoms with Gasteiger partial charge >= 0.3 is 0 Å². The second-order valence-corrected chi connectivity index (χ2v) is 5.46. The number of benzene rings is 2. The van der Waals surface area contributed by atoms with Crippen LogP contribution in [0.25, 0.3) is 16.9 Å². The molecule has 0 amide bonds. The molecule has 0 unspecified atom stereocenters. The van der Waals surface area contributed by atoms with Crippen LogP contribution in [0.15, 0.2) is 48.5 Å². The number of hydrogen-bond acceptors (Lipinski definition) is 3. The van der Waals surface area contributed by atoms with Gasteiger partial charge in [0.25, 0.3) is 0 Å². The molecule has 0 aliphatic heterocycles. The zero-order valence-electron chi connectivity index (χ0n) is 12.0. The zero-order chi connectivity index (χ0) is 15.7. The third-order valence-corrected chi connectivity index (χ3v) is 3.69. The van der Waals surface area contributed by atoms with Gasteiger partial charge in [-0.25, -0.2) is 4.68 Å². The molecule has 5 heteroatoms. The van der Waals surface area contributed by atoms with Gasteiger partial charge in [-0.05, 0) is 25.1 Å². The van der Waals surface area contributed by atoms with Gasteiger partial charge in [0.2, 0.25) is 0 Å². The van der Waals surface area contributed by atoms with Gasteiger partial charge in [0, 0.05) is 10.6 Å². The van der Waals surface area contributed by atoms with Crippen molar-refractivity contribution in [2.45, 2.75) is 6.92 Å². The maximum absolute atomic E-state index is 11.4. The van der Waals surface area contributed by atoms with Crippen molar-refractivity contribution in [1.82, 2.24) is 9.78 Å². The molecule has 3 rings (SSSR count). The number of nitrogens with two attached hydrogens (primary N) is 1. The van der Waals surface area contributed by atoms with Gasteiger partial charge < -0.3 is 5.73 Å². The van der Waals surface area contributed by atoms with Crippen LogP contribution >= 0.6 is 11.6 Å². The first-order valence-corrected chi connectivity index (χ1v) is 7.14. The van der Waals surface area contributed by atoms with Crippen LogP contribution in [0.5, 0.6) is 0 Å². The van der Waals surface area contributed by atoms with Gasteiger partial charge in [-0.15, -0.1) is 0 Å². The van der Waals surface area contributed by atoms with Gasteiger partial charge in [0.15, 0.2) is 6.29 Å². The van der Waals surface area contributed by atoms with Crippen molar-refractivity contribution in [2.75, 3.05) is 5.73 Å². The summed E-state index contributed by atoms with van der Waals surface area (Å²) in [5, 5.41) is 5.07. The minimum Gasteiger partial charge on any atom is -0.383 e. The second-order valence-electron chi connectivity index (χ2n) is 5.02. The fourth-order valence-corrected chi connectivity index (χ4v) is 2.47. The molecule has 0 spiro atoms. The maximum atomic E-state index is 11.4. The Bertz CT molecular complexity index is 838. The van der Waals surface area contributed by atoms with Crippen LogP contribution in [0.4, 0.5) is 5.82 Å². The van der Waals surface area contributed by atoms with Gasteiger partial charge in [-0.2, -0.15) is 5.10 Å². The lowest BCUT2D eigenvalue weighted by atomic mass is 10.1. The Morgan fingerprint density at radius 2 is 1.91 bits per heavy atom. The maximum Gasteiger partial charge on any atom is 0.156 e. The first-order chi connectivity index (χ1) is 10.6. The molecule has 110 valence electrons. The molecule has 0 aliphatic rings. The average Bonchev–Trinajstić information content (AvgIpc) is 2.85. The monoisotopic (exact) mass is 311 g/mol. The van der Waals surface area contributed by atoms with Crippen LogP contribution in [0.2, 0.25) is 5.02 Å². The van der Waals surface area contributed by atoms with Gasteiger partial charge in [0.1, 0.15) is 11.5 Å². The van der Waals surface area contributed by atoms with Crippen LogP contribution in [-0.4, -0.2) is 16.1 Å². The zero-order valence-corrected chi connectivity index (χ0v) is 12.7. The van der Waals surface area contributed by atoms with Gasteiger partial charge in [0.05, 0.1) is 11.3 Å². The van der Waals surface area contributed by atoms with E-state index in [1.807, 2.05) is 43.3 Å². The highest BCUT2D eigenvalue weighted by Crippen LogP contribution is 2.28. The molecule has 2 N–H and O–H groups in total. The number of anilines is 1. The predicted octanol–water partition coefficient (Wildman–Crippen LogP) is 3.90. The molecule has 0 aliphatic carbocycles. The highest BCUT2D eigenvalue weighted by molar-refractivity contribution is 6.30. The standard InChI is InChI=1S/C17H14ClN3O/c1-11-5-7-12(8-6-11)16-15(10-22)17(19)21(20-16)14-4-2-3-13(18)9-14/h2-10H,19H2,1H3. The Hall–Kier alpha value is -2.59. The summed E-state index contributed by atoms with van der Waals surface area (Å²) in [7, 11) is 0. The number of nitrogens with zero attached hydrogens (tertiary/aromatic N) is 2. The molecular weight excluding hydrogens is 298 g/mol. The number of aldehydes is 1. The summed E-state index contributed by atoms with van der Waals surface area (Å²) in [6.07, 6.45) is 0.735. The Kier molecular flexibility index (Phi) is 3.69.